The van der Waals surface area contributed by atoms with E-state index in [4.69, 9.17) is 4.74 Å². The molecule has 148 valence electrons. The molecule has 1 aromatic heterocycles. The van der Waals surface area contributed by atoms with E-state index in [9.17, 15) is 9.59 Å². The topological polar surface area (TPSA) is 78.5 Å². The maximum atomic E-state index is 13.0. The largest absolute Gasteiger partial charge is 0.497 e. The lowest BCUT2D eigenvalue weighted by atomic mass is 10.0. The number of benzene rings is 2. The summed E-state index contributed by atoms with van der Waals surface area (Å²) in [5.74, 6) is 0.336. The number of hydrogen-bond acceptors (Lipinski definition) is 4. The molecule has 1 N–H and O–H groups in total. The lowest BCUT2D eigenvalue weighted by Crippen LogP contribution is -2.59. The predicted octanol–water partition coefficient (Wildman–Crippen LogP) is 2.52. The third-order valence-corrected chi connectivity index (χ3v) is 5.11. The average Bonchev–Trinajstić information content (AvgIpc) is 3.30. The molecule has 7 nitrogen and oxygen atoms in total. The monoisotopic (exact) mass is 390 g/mol. The van der Waals surface area contributed by atoms with Crippen LogP contribution < -0.4 is 9.64 Å². The number of nitrogens with zero attached hydrogens (tertiary/aromatic N) is 3. The molecule has 0 radical (unpaired) electrons. The van der Waals surface area contributed by atoms with Crippen molar-refractivity contribution < 1.29 is 14.3 Å². The van der Waals surface area contributed by atoms with Crippen molar-refractivity contribution in [3.63, 3.8) is 0 Å². The van der Waals surface area contributed by atoms with Gasteiger partial charge in [-0.15, -0.1) is 0 Å². The quantitative estimate of drug-likeness (QED) is 0.726. The van der Waals surface area contributed by atoms with Gasteiger partial charge in [0.05, 0.1) is 13.2 Å². The van der Waals surface area contributed by atoms with E-state index in [0.717, 1.165) is 11.3 Å². The first-order valence-electron chi connectivity index (χ1n) is 9.44. The van der Waals surface area contributed by atoms with Gasteiger partial charge < -0.3 is 14.5 Å². The number of ether oxygens (including phenoxy) is 1. The van der Waals surface area contributed by atoms with Gasteiger partial charge >= 0.3 is 0 Å². The molecule has 2 aromatic carbocycles. The number of carbonyl (C=O) groups excluding carboxylic acids is 2. The summed E-state index contributed by atoms with van der Waals surface area (Å²) in [6.45, 7) is 0.410. The van der Waals surface area contributed by atoms with Crippen LogP contribution >= 0.6 is 0 Å². The molecular weight excluding hydrogens is 368 g/mol. The van der Waals surface area contributed by atoms with Gasteiger partial charge in [0.25, 0.3) is 5.91 Å². The Morgan fingerprint density at radius 3 is 2.72 bits per heavy atom. The molecule has 1 atom stereocenters. The number of methoxy groups -OCH3 is 1. The Labute approximate surface area is 168 Å². The van der Waals surface area contributed by atoms with E-state index in [1.165, 1.54) is 6.20 Å². The van der Waals surface area contributed by atoms with Gasteiger partial charge in [0.1, 0.15) is 18.0 Å². The van der Waals surface area contributed by atoms with Crippen molar-refractivity contribution >= 4 is 17.5 Å². The zero-order valence-corrected chi connectivity index (χ0v) is 16.1. The molecule has 0 aliphatic carbocycles. The Morgan fingerprint density at radius 1 is 1.17 bits per heavy atom. The molecule has 1 unspecified atom stereocenters. The molecule has 0 bridgehead atoms. The molecule has 1 aliphatic heterocycles. The fourth-order valence-corrected chi connectivity index (χ4v) is 3.63. The summed E-state index contributed by atoms with van der Waals surface area (Å²) in [7, 11) is 1.60. The standard InChI is InChI=1S/C22H22N4O3/c1-29-19-9-5-8-17(13-19)25-14-18(12-16-6-3-2-4-7-16)26(15-21(25)27)22(28)20-10-11-23-24-20/h2-11,13,18H,12,14-15H2,1H3,(H,23,24). The Kier molecular flexibility index (Phi) is 5.29. The number of carbonyl (C=O) groups is 2. The van der Waals surface area contributed by atoms with E-state index >= 15 is 0 Å². The molecule has 0 saturated carbocycles. The second kappa shape index (κ2) is 8.18. The molecule has 2 heterocycles. The van der Waals surface area contributed by atoms with Crippen LogP contribution in [-0.4, -0.2) is 53.2 Å². The summed E-state index contributed by atoms with van der Waals surface area (Å²) in [5, 5.41) is 6.57. The highest BCUT2D eigenvalue weighted by molar-refractivity contribution is 6.01. The number of rotatable bonds is 5. The van der Waals surface area contributed by atoms with E-state index in [-0.39, 0.29) is 24.4 Å². The number of amides is 2. The normalized spacial score (nSPS) is 16.7. The molecule has 4 rings (SSSR count). The number of nitrogens with one attached hydrogen (secondary N) is 1. The maximum Gasteiger partial charge on any atom is 0.272 e. The van der Waals surface area contributed by atoms with Gasteiger partial charge in [-0.1, -0.05) is 36.4 Å². The first-order valence-corrected chi connectivity index (χ1v) is 9.44. The van der Waals surface area contributed by atoms with Gasteiger partial charge in [-0.25, -0.2) is 0 Å². The van der Waals surface area contributed by atoms with Crippen LogP contribution in [0.5, 0.6) is 5.75 Å². The van der Waals surface area contributed by atoms with E-state index < -0.39 is 0 Å². The molecule has 1 saturated heterocycles. The summed E-state index contributed by atoms with van der Waals surface area (Å²) >= 11 is 0. The zero-order valence-electron chi connectivity index (χ0n) is 16.1. The minimum atomic E-state index is -0.220. The van der Waals surface area contributed by atoms with Gasteiger partial charge in [-0.05, 0) is 30.2 Å². The Bertz CT molecular complexity index is 988. The summed E-state index contributed by atoms with van der Waals surface area (Å²) in [5.41, 5.74) is 2.26. The van der Waals surface area contributed by atoms with E-state index in [0.29, 0.717) is 24.4 Å². The highest BCUT2D eigenvalue weighted by Crippen LogP contribution is 2.26. The lowest BCUT2D eigenvalue weighted by Gasteiger charge is -2.41. The highest BCUT2D eigenvalue weighted by Gasteiger charge is 2.36. The molecule has 1 aliphatic rings. The second-order valence-corrected chi connectivity index (χ2v) is 6.95. The van der Waals surface area contributed by atoms with Gasteiger partial charge in [-0.3, -0.25) is 14.7 Å². The number of aromatic nitrogens is 2. The average molecular weight is 390 g/mol. The van der Waals surface area contributed by atoms with Gasteiger partial charge in [0.2, 0.25) is 5.91 Å². The van der Waals surface area contributed by atoms with Crippen LogP contribution in [0.4, 0.5) is 5.69 Å². The van der Waals surface area contributed by atoms with Crippen LogP contribution in [0.2, 0.25) is 0 Å². The number of aromatic amines is 1. The van der Waals surface area contributed by atoms with Crippen LogP contribution in [0.3, 0.4) is 0 Å². The summed E-state index contributed by atoms with van der Waals surface area (Å²) < 4.78 is 5.30. The van der Waals surface area contributed by atoms with Crippen molar-refractivity contribution in [3.8, 4) is 5.75 Å². The van der Waals surface area contributed by atoms with E-state index in [1.807, 2.05) is 54.6 Å². The summed E-state index contributed by atoms with van der Waals surface area (Å²) in [6.07, 6.45) is 2.18. The fraction of sp³-hybridized carbons (Fsp3) is 0.227. The van der Waals surface area contributed by atoms with Gasteiger partial charge in [-0.2, -0.15) is 5.10 Å². The maximum absolute atomic E-state index is 13.0. The fourth-order valence-electron chi connectivity index (χ4n) is 3.63. The molecular formula is C22H22N4O3. The summed E-state index contributed by atoms with van der Waals surface area (Å²) in [4.78, 5) is 29.3. The first kappa shape index (κ1) is 18.7. The highest BCUT2D eigenvalue weighted by atomic mass is 16.5. The molecule has 0 spiro atoms. The Hall–Kier alpha value is -3.61. The van der Waals surface area contributed by atoms with Gasteiger partial charge in [0.15, 0.2) is 0 Å². The number of H-pyrrole nitrogens is 1. The third-order valence-electron chi connectivity index (χ3n) is 5.11. The third kappa shape index (κ3) is 3.99. The summed E-state index contributed by atoms with van der Waals surface area (Å²) in [6, 6.07) is 18.9. The van der Waals surface area contributed by atoms with E-state index in [2.05, 4.69) is 10.2 Å². The first-order chi connectivity index (χ1) is 14.2. The van der Waals surface area contributed by atoms with Crippen molar-refractivity contribution in [3.05, 3.63) is 78.1 Å². The Morgan fingerprint density at radius 2 is 2.00 bits per heavy atom. The number of anilines is 1. The number of hydrogen-bond donors (Lipinski definition) is 1. The molecule has 1 fully saturated rings. The molecule has 7 heteroatoms. The second-order valence-electron chi connectivity index (χ2n) is 6.95. The SMILES string of the molecule is COc1cccc(N2CC(Cc3ccccc3)N(C(=O)c3ccn[nH]3)CC2=O)c1. The lowest BCUT2D eigenvalue weighted by molar-refractivity contribution is -0.121. The smallest absolute Gasteiger partial charge is 0.272 e. The van der Waals surface area contributed by atoms with Crippen LogP contribution in [-0.2, 0) is 11.2 Å². The van der Waals surface area contributed by atoms with Crippen LogP contribution in [0.1, 0.15) is 16.1 Å². The van der Waals surface area contributed by atoms with Crippen LogP contribution in [0.25, 0.3) is 0 Å². The van der Waals surface area contributed by atoms with Crippen LogP contribution in [0.15, 0.2) is 66.9 Å². The zero-order chi connectivity index (χ0) is 20.2. The molecule has 3 aromatic rings. The number of piperazine rings is 1. The van der Waals surface area contributed by atoms with Crippen molar-refractivity contribution in [2.75, 3.05) is 25.1 Å². The van der Waals surface area contributed by atoms with Crippen molar-refractivity contribution in [1.82, 2.24) is 15.1 Å². The van der Waals surface area contributed by atoms with E-state index in [1.54, 1.807) is 23.0 Å². The molecule has 2 amide bonds. The molecule has 29 heavy (non-hydrogen) atoms. The van der Waals surface area contributed by atoms with Crippen molar-refractivity contribution in [2.45, 2.75) is 12.5 Å². The minimum Gasteiger partial charge on any atom is -0.497 e. The van der Waals surface area contributed by atoms with Crippen molar-refractivity contribution in [2.24, 2.45) is 0 Å². The van der Waals surface area contributed by atoms with Gasteiger partial charge in [0, 0.05) is 24.5 Å². The van der Waals surface area contributed by atoms with Crippen molar-refractivity contribution in [1.29, 1.82) is 0 Å². The minimum absolute atomic E-state index is 0.00651. The predicted molar refractivity (Wildman–Crippen MR) is 109 cm³/mol. The van der Waals surface area contributed by atoms with Crippen LogP contribution in [0, 0.1) is 0 Å². The Balaban J connectivity index is 1.64.